The molecule has 0 aliphatic heterocycles. The van der Waals surface area contributed by atoms with Crippen LogP contribution in [0.3, 0.4) is 0 Å². The van der Waals surface area contributed by atoms with Gasteiger partial charge < -0.3 is 19.9 Å². The first kappa shape index (κ1) is 15.9. The summed E-state index contributed by atoms with van der Waals surface area (Å²) in [6.07, 6.45) is 4.58. The van der Waals surface area contributed by atoms with Crippen LogP contribution in [0.4, 0.5) is 10.5 Å². The molecule has 2 amide bonds. The number of hydrogen-bond donors (Lipinski definition) is 2. The number of rotatable bonds is 5. The van der Waals surface area contributed by atoms with Gasteiger partial charge in [0.1, 0.15) is 11.4 Å². The smallest absolute Gasteiger partial charge is 0.319 e. The zero-order chi connectivity index (χ0) is 16.9. The molecule has 2 heterocycles. The van der Waals surface area contributed by atoms with Crippen molar-refractivity contribution in [2.45, 2.75) is 6.42 Å². The molecule has 3 aromatic rings. The molecule has 6 heteroatoms. The van der Waals surface area contributed by atoms with E-state index in [-0.39, 0.29) is 6.03 Å². The van der Waals surface area contributed by atoms with Gasteiger partial charge in [-0.15, -0.1) is 0 Å². The lowest BCUT2D eigenvalue weighted by molar-refractivity contribution is 0.252. The summed E-state index contributed by atoms with van der Waals surface area (Å²) in [7, 11) is 3.57. The molecule has 1 aromatic carbocycles. The number of pyridine rings is 1. The summed E-state index contributed by atoms with van der Waals surface area (Å²) in [6.45, 7) is 0.545. The number of fused-ring (bicyclic) bond motifs is 1. The second-order valence-corrected chi connectivity index (χ2v) is 5.50. The van der Waals surface area contributed by atoms with Crippen molar-refractivity contribution in [1.29, 1.82) is 0 Å². The molecule has 124 valence electrons. The average Bonchev–Trinajstić information content (AvgIpc) is 2.92. The molecule has 0 bridgehead atoms. The average molecular weight is 324 g/mol. The van der Waals surface area contributed by atoms with Gasteiger partial charge in [-0.1, -0.05) is 6.07 Å². The number of nitrogens with one attached hydrogen (secondary N) is 2. The molecule has 0 saturated heterocycles. The lowest BCUT2D eigenvalue weighted by atomic mass is 10.1. The van der Waals surface area contributed by atoms with Crippen LogP contribution in [0.2, 0.25) is 0 Å². The van der Waals surface area contributed by atoms with Crippen LogP contribution in [-0.4, -0.2) is 29.2 Å². The number of aromatic nitrogens is 2. The number of carbonyl (C=O) groups is 1. The molecule has 2 aromatic heterocycles. The molecular weight excluding hydrogens is 304 g/mol. The van der Waals surface area contributed by atoms with E-state index in [4.69, 9.17) is 4.74 Å². The van der Waals surface area contributed by atoms with E-state index in [9.17, 15) is 4.79 Å². The van der Waals surface area contributed by atoms with Crippen LogP contribution in [0.5, 0.6) is 5.75 Å². The minimum atomic E-state index is -0.235. The number of ether oxygens (including phenoxy) is 1. The van der Waals surface area contributed by atoms with E-state index in [1.807, 2.05) is 41.9 Å². The molecule has 0 fully saturated rings. The first-order chi connectivity index (χ1) is 11.7. The van der Waals surface area contributed by atoms with Crippen molar-refractivity contribution < 1.29 is 9.53 Å². The van der Waals surface area contributed by atoms with E-state index in [0.29, 0.717) is 18.0 Å². The highest BCUT2D eigenvalue weighted by atomic mass is 16.5. The van der Waals surface area contributed by atoms with Gasteiger partial charge in [-0.2, -0.15) is 0 Å². The zero-order valence-electron chi connectivity index (χ0n) is 13.7. The molecule has 0 saturated carbocycles. The fourth-order valence-electron chi connectivity index (χ4n) is 2.68. The van der Waals surface area contributed by atoms with Crippen LogP contribution in [0.25, 0.3) is 11.0 Å². The SMILES string of the molecule is COc1cccc(NC(=O)NCCc2cn(C)c3ncccc23)c1. The predicted molar refractivity (Wildman–Crippen MR) is 94.4 cm³/mol. The van der Waals surface area contributed by atoms with Crippen molar-refractivity contribution >= 4 is 22.8 Å². The highest BCUT2D eigenvalue weighted by Gasteiger charge is 2.08. The first-order valence-electron chi connectivity index (χ1n) is 7.75. The van der Waals surface area contributed by atoms with E-state index in [1.165, 1.54) is 5.56 Å². The maximum atomic E-state index is 12.0. The van der Waals surface area contributed by atoms with Crippen LogP contribution in [0.1, 0.15) is 5.56 Å². The molecule has 0 aliphatic carbocycles. The number of anilines is 1. The minimum absolute atomic E-state index is 0.235. The Hall–Kier alpha value is -3.02. The van der Waals surface area contributed by atoms with Crippen LogP contribution in [-0.2, 0) is 13.5 Å². The molecule has 0 aliphatic rings. The summed E-state index contributed by atoms with van der Waals surface area (Å²) >= 11 is 0. The van der Waals surface area contributed by atoms with Gasteiger partial charge in [-0.05, 0) is 36.2 Å². The molecular formula is C18H20N4O2. The van der Waals surface area contributed by atoms with Gasteiger partial charge in [0.15, 0.2) is 0 Å². The number of urea groups is 1. The number of amides is 2. The second-order valence-electron chi connectivity index (χ2n) is 5.50. The first-order valence-corrected chi connectivity index (χ1v) is 7.75. The molecule has 3 rings (SSSR count). The molecule has 24 heavy (non-hydrogen) atoms. The Morgan fingerprint density at radius 2 is 2.17 bits per heavy atom. The largest absolute Gasteiger partial charge is 0.497 e. The summed E-state index contributed by atoms with van der Waals surface area (Å²) in [4.78, 5) is 16.4. The molecule has 6 nitrogen and oxygen atoms in total. The Morgan fingerprint density at radius 1 is 1.29 bits per heavy atom. The van der Waals surface area contributed by atoms with E-state index in [0.717, 1.165) is 17.5 Å². The van der Waals surface area contributed by atoms with Gasteiger partial charge >= 0.3 is 6.03 Å². The maximum Gasteiger partial charge on any atom is 0.319 e. The third kappa shape index (κ3) is 3.48. The fraction of sp³-hybridized carbons (Fsp3) is 0.222. The highest BCUT2D eigenvalue weighted by molar-refractivity contribution is 5.89. The van der Waals surface area contributed by atoms with E-state index >= 15 is 0 Å². The van der Waals surface area contributed by atoms with Crippen LogP contribution < -0.4 is 15.4 Å². The van der Waals surface area contributed by atoms with E-state index in [1.54, 1.807) is 19.4 Å². The maximum absolute atomic E-state index is 12.0. The quantitative estimate of drug-likeness (QED) is 0.758. The van der Waals surface area contributed by atoms with Crippen LogP contribution >= 0.6 is 0 Å². The van der Waals surface area contributed by atoms with Gasteiger partial charge in [0.25, 0.3) is 0 Å². The molecule has 2 N–H and O–H groups in total. The topological polar surface area (TPSA) is 68.2 Å². The lowest BCUT2D eigenvalue weighted by Gasteiger charge is -2.08. The monoisotopic (exact) mass is 324 g/mol. The Morgan fingerprint density at radius 3 is 3.00 bits per heavy atom. The number of aryl methyl sites for hydroxylation is 1. The molecule has 0 spiro atoms. The fourth-order valence-corrected chi connectivity index (χ4v) is 2.68. The Kier molecular flexibility index (Phi) is 4.65. The molecule has 0 atom stereocenters. The second kappa shape index (κ2) is 7.04. The number of methoxy groups -OCH3 is 1. The summed E-state index contributed by atoms with van der Waals surface area (Å²) in [6, 6.07) is 11.0. The van der Waals surface area contributed by atoms with Gasteiger partial charge in [-0.3, -0.25) is 0 Å². The summed E-state index contributed by atoms with van der Waals surface area (Å²) in [5.41, 5.74) is 2.82. The van der Waals surface area contributed by atoms with Gasteiger partial charge in [0.2, 0.25) is 0 Å². The van der Waals surface area contributed by atoms with Crippen molar-refractivity contribution in [3.8, 4) is 5.75 Å². The summed E-state index contributed by atoms with van der Waals surface area (Å²) in [5.74, 6) is 0.705. The van der Waals surface area contributed by atoms with Gasteiger partial charge in [0.05, 0.1) is 7.11 Å². The van der Waals surface area contributed by atoms with E-state index in [2.05, 4.69) is 21.8 Å². The highest BCUT2D eigenvalue weighted by Crippen LogP contribution is 2.18. The van der Waals surface area contributed by atoms with Gasteiger partial charge in [0, 0.05) is 43.1 Å². The minimum Gasteiger partial charge on any atom is -0.497 e. The lowest BCUT2D eigenvalue weighted by Crippen LogP contribution is -2.30. The normalized spacial score (nSPS) is 10.6. The number of hydrogen-bond acceptors (Lipinski definition) is 3. The third-order valence-corrected chi connectivity index (χ3v) is 3.82. The Bertz CT molecular complexity index is 857. The van der Waals surface area contributed by atoms with Crippen LogP contribution in [0.15, 0.2) is 48.8 Å². The Labute approximate surface area is 140 Å². The summed E-state index contributed by atoms with van der Waals surface area (Å²) in [5, 5.41) is 6.79. The zero-order valence-corrected chi connectivity index (χ0v) is 13.7. The van der Waals surface area contributed by atoms with Crippen molar-refractivity contribution in [3.05, 3.63) is 54.4 Å². The van der Waals surface area contributed by atoms with Crippen molar-refractivity contribution in [1.82, 2.24) is 14.9 Å². The number of carbonyl (C=O) groups excluding carboxylic acids is 1. The number of benzene rings is 1. The summed E-state index contributed by atoms with van der Waals surface area (Å²) < 4.78 is 7.14. The van der Waals surface area contributed by atoms with Gasteiger partial charge in [-0.25, -0.2) is 9.78 Å². The van der Waals surface area contributed by atoms with Crippen molar-refractivity contribution in [2.24, 2.45) is 7.05 Å². The third-order valence-electron chi connectivity index (χ3n) is 3.82. The van der Waals surface area contributed by atoms with Crippen molar-refractivity contribution in [3.63, 3.8) is 0 Å². The number of nitrogens with zero attached hydrogens (tertiary/aromatic N) is 2. The molecule has 0 radical (unpaired) electrons. The van der Waals surface area contributed by atoms with Crippen molar-refractivity contribution in [2.75, 3.05) is 19.0 Å². The standard InChI is InChI=1S/C18H20N4O2/c1-22-12-13(16-7-4-9-19-17(16)22)8-10-20-18(23)21-14-5-3-6-15(11-14)24-2/h3-7,9,11-12H,8,10H2,1-2H3,(H2,20,21,23). The predicted octanol–water partition coefficient (Wildman–Crippen LogP) is 2.95. The van der Waals surface area contributed by atoms with E-state index < -0.39 is 0 Å². The Balaban J connectivity index is 1.56. The molecule has 0 unspecified atom stereocenters. The van der Waals surface area contributed by atoms with Crippen LogP contribution in [0, 0.1) is 0 Å².